The number of carbonyl (C=O) groups is 3. The van der Waals surface area contributed by atoms with E-state index in [1.807, 2.05) is 0 Å². The monoisotopic (exact) mass is 280 g/mol. The van der Waals surface area contributed by atoms with Crippen molar-refractivity contribution in [1.82, 2.24) is 0 Å². The summed E-state index contributed by atoms with van der Waals surface area (Å²) in [6.45, 7) is -0.691. The minimum Gasteiger partial charge on any atom is -0.368 e. The molecule has 0 saturated carbocycles. The van der Waals surface area contributed by atoms with E-state index in [2.05, 4.69) is 0 Å². The molecule has 2 amide bonds. The van der Waals surface area contributed by atoms with Gasteiger partial charge in [-0.1, -0.05) is 0 Å². The van der Waals surface area contributed by atoms with Crippen LogP contribution >= 0.6 is 0 Å². The lowest BCUT2D eigenvalue weighted by molar-refractivity contribution is -0.384. The van der Waals surface area contributed by atoms with Gasteiger partial charge in [0, 0.05) is 23.4 Å². The maximum atomic E-state index is 11.0. The number of hydrogen-bond acceptors (Lipinski definition) is 6. The molecule has 9 nitrogen and oxygen atoms in total. The second kappa shape index (κ2) is 6.27. The average molecular weight is 280 g/mol. The van der Waals surface area contributed by atoms with E-state index in [4.69, 9.17) is 11.5 Å². The zero-order valence-electron chi connectivity index (χ0n) is 10.3. The second-order valence-electron chi connectivity index (χ2n) is 3.91. The largest absolute Gasteiger partial charge is 0.368 e. The molecule has 1 aromatic rings. The Hall–Kier alpha value is -2.97. The van der Waals surface area contributed by atoms with Gasteiger partial charge in [0.2, 0.25) is 11.8 Å². The lowest BCUT2D eigenvalue weighted by Crippen LogP contribution is -2.40. The van der Waals surface area contributed by atoms with Crippen molar-refractivity contribution in [3.05, 3.63) is 33.9 Å². The van der Waals surface area contributed by atoms with Crippen LogP contribution in [0.25, 0.3) is 0 Å². The third kappa shape index (κ3) is 3.77. The van der Waals surface area contributed by atoms with E-state index in [9.17, 15) is 24.5 Å². The molecule has 0 saturated heterocycles. The molecule has 0 aliphatic carbocycles. The van der Waals surface area contributed by atoms with Crippen molar-refractivity contribution in [3.8, 4) is 0 Å². The summed E-state index contributed by atoms with van der Waals surface area (Å²) >= 11 is 0. The van der Waals surface area contributed by atoms with Crippen LogP contribution in [0.2, 0.25) is 0 Å². The predicted octanol–water partition coefficient (Wildman–Crippen LogP) is -0.816. The lowest BCUT2D eigenvalue weighted by atomic mass is 10.1. The number of nitro groups is 1. The highest BCUT2D eigenvalue weighted by Gasteiger charge is 2.18. The Kier molecular flexibility index (Phi) is 4.73. The topological polar surface area (TPSA) is 150 Å². The molecule has 20 heavy (non-hydrogen) atoms. The predicted molar refractivity (Wildman–Crippen MR) is 69.1 cm³/mol. The van der Waals surface area contributed by atoms with Gasteiger partial charge in [-0.25, -0.2) is 0 Å². The molecule has 0 spiro atoms. The van der Waals surface area contributed by atoms with Gasteiger partial charge >= 0.3 is 0 Å². The second-order valence-corrected chi connectivity index (χ2v) is 3.91. The van der Waals surface area contributed by atoms with Crippen LogP contribution in [0.5, 0.6) is 0 Å². The number of benzene rings is 1. The van der Waals surface area contributed by atoms with E-state index < -0.39 is 16.7 Å². The van der Waals surface area contributed by atoms with Crippen LogP contribution in [0, 0.1) is 10.1 Å². The zero-order valence-corrected chi connectivity index (χ0v) is 10.3. The maximum absolute atomic E-state index is 11.0. The molecule has 0 heterocycles. The number of anilines is 1. The van der Waals surface area contributed by atoms with Gasteiger partial charge in [-0.2, -0.15) is 0 Å². The Morgan fingerprint density at radius 1 is 1.25 bits per heavy atom. The lowest BCUT2D eigenvalue weighted by Gasteiger charge is -2.22. The smallest absolute Gasteiger partial charge is 0.270 e. The molecule has 4 N–H and O–H groups in total. The van der Waals surface area contributed by atoms with Gasteiger partial charge in [-0.15, -0.1) is 0 Å². The fourth-order valence-corrected chi connectivity index (χ4v) is 1.64. The number of amides is 2. The third-order valence-corrected chi connectivity index (χ3v) is 2.38. The van der Waals surface area contributed by atoms with Crippen LogP contribution in [0.1, 0.15) is 10.4 Å². The van der Waals surface area contributed by atoms with Gasteiger partial charge in [0.25, 0.3) is 5.69 Å². The number of primary amides is 2. The standard InChI is InChI=1S/C11H12N4O5/c12-10(17)4-14(5-11(13)18)9-2-1-8(15(19)20)3-7(9)6-16/h1-3,6H,4-5H2,(H2,12,17)(H2,13,18). The van der Waals surface area contributed by atoms with Crippen LogP contribution < -0.4 is 16.4 Å². The summed E-state index contributed by atoms with van der Waals surface area (Å²) < 4.78 is 0. The van der Waals surface area contributed by atoms with Crippen LogP contribution in [0.4, 0.5) is 11.4 Å². The third-order valence-electron chi connectivity index (χ3n) is 2.38. The van der Waals surface area contributed by atoms with Crippen molar-refractivity contribution in [2.75, 3.05) is 18.0 Å². The highest BCUT2D eigenvalue weighted by Crippen LogP contribution is 2.24. The molecular weight excluding hydrogens is 268 g/mol. The molecule has 0 aliphatic rings. The summed E-state index contributed by atoms with van der Waals surface area (Å²) in [6, 6.07) is 3.45. The summed E-state index contributed by atoms with van der Waals surface area (Å²) in [7, 11) is 0. The van der Waals surface area contributed by atoms with Gasteiger partial charge < -0.3 is 16.4 Å². The minimum atomic E-state index is -0.735. The Balaban J connectivity index is 3.24. The first kappa shape index (κ1) is 15.1. The molecule has 0 atom stereocenters. The average Bonchev–Trinajstić information content (AvgIpc) is 2.35. The number of rotatable bonds is 7. The first-order chi connectivity index (χ1) is 9.35. The minimum absolute atomic E-state index is 0.0401. The van der Waals surface area contributed by atoms with Crippen molar-refractivity contribution in [2.45, 2.75) is 0 Å². The van der Waals surface area contributed by atoms with Gasteiger partial charge in [-0.05, 0) is 6.07 Å². The number of nitrogens with two attached hydrogens (primary N) is 2. The molecule has 0 aromatic heterocycles. The summed E-state index contributed by atoms with van der Waals surface area (Å²) in [5.74, 6) is -1.47. The summed E-state index contributed by atoms with van der Waals surface area (Å²) in [6.07, 6.45) is 0.386. The molecule has 1 aromatic carbocycles. The Bertz CT molecular complexity index is 556. The van der Waals surface area contributed by atoms with Crippen molar-refractivity contribution in [3.63, 3.8) is 0 Å². The zero-order chi connectivity index (χ0) is 15.3. The summed E-state index contributed by atoms with van der Waals surface area (Å²) in [5.41, 5.74) is 9.94. The molecule has 0 aliphatic heterocycles. The summed E-state index contributed by atoms with van der Waals surface area (Å²) in [5, 5.41) is 10.6. The van der Waals surface area contributed by atoms with E-state index in [1.165, 1.54) is 11.0 Å². The maximum Gasteiger partial charge on any atom is 0.270 e. The SMILES string of the molecule is NC(=O)CN(CC(N)=O)c1ccc([N+](=O)[O-])cc1C=O. The van der Waals surface area contributed by atoms with Crippen molar-refractivity contribution in [2.24, 2.45) is 11.5 Å². The fourth-order valence-electron chi connectivity index (χ4n) is 1.64. The molecule has 106 valence electrons. The molecule has 0 radical (unpaired) electrons. The van der Waals surface area contributed by atoms with Crippen LogP contribution in [0.15, 0.2) is 18.2 Å². The van der Waals surface area contributed by atoms with E-state index >= 15 is 0 Å². The van der Waals surface area contributed by atoms with E-state index in [0.717, 1.165) is 12.1 Å². The highest BCUT2D eigenvalue weighted by molar-refractivity contribution is 5.91. The van der Waals surface area contributed by atoms with Crippen LogP contribution in [-0.4, -0.2) is 36.1 Å². The quantitative estimate of drug-likeness (QED) is 0.378. The number of aldehydes is 1. The number of nitro benzene ring substituents is 1. The van der Waals surface area contributed by atoms with E-state index in [-0.39, 0.29) is 30.0 Å². The summed E-state index contributed by atoms with van der Waals surface area (Å²) in [4.78, 5) is 44.1. The molecule has 9 heteroatoms. The van der Waals surface area contributed by atoms with Crippen molar-refractivity contribution < 1.29 is 19.3 Å². The first-order valence-electron chi connectivity index (χ1n) is 5.40. The Labute approximate surface area is 113 Å². The van der Waals surface area contributed by atoms with Crippen LogP contribution in [0.3, 0.4) is 0 Å². The first-order valence-corrected chi connectivity index (χ1v) is 5.40. The molecule has 1 rings (SSSR count). The number of nitrogens with zero attached hydrogens (tertiary/aromatic N) is 2. The van der Waals surface area contributed by atoms with E-state index in [1.54, 1.807) is 0 Å². The molecular formula is C11H12N4O5. The number of hydrogen-bond donors (Lipinski definition) is 2. The normalized spacial score (nSPS) is 9.80. The molecule has 0 unspecified atom stereocenters. The van der Waals surface area contributed by atoms with Gasteiger partial charge in [-0.3, -0.25) is 24.5 Å². The van der Waals surface area contributed by atoms with Gasteiger partial charge in [0.1, 0.15) is 0 Å². The van der Waals surface area contributed by atoms with Crippen molar-refractivity contribution >= 4 is 29.5 Å². The Morgan fingerprint density at radius 3 is 2.20 bits per heavy atom. The fraction of sp³-hybridized carbons (Fsp3) is 0.182. The van der Waals surface area contributed by atoms with Gasteiger partial charge in [0.05, 0.1) is 18.0 Å². The van der Waals surface area contributed by atoms with E-state index in [0.29, 0.717) is 6.29 Å². The molecule has 0 bridgehead atoms. The van der Waals surface area contributed by atoms with Gasteiger partial charge in [0.15, 0.2) is 6.29 Å². The number of non-ortho nitro benzene ring substituents is 1. The highest BCUT2D eigenvalue weighted by atomic mass is 16.6. The molecule has 0 fully saturated rings. The van der Waals surface area contributed by atoms with Crippen LogP contribution in [-0.2, 0) is 9.59 Å². The van der Waals surface area contributed by atoms with Crippen molar-refractivity contribution in [1.29, 1.82) is 0 Å². The Morgan fingerprint density at radius 2 is 1.80 bits per heavy atom. The number of carbonyl (C=O) groups excluding carboxylic acids is 3.